The molecule has 0 spiro atoms. The van der Waals surface area contributed by atoms with Crippen molar-refractivity contribution in [3.05, 3.63) is 170 Å². The minimum Gasteiger partial charge on any atom is -0.278 e. The van der Waals surface area contributed by atoms with Gasteiger partial charge < -0.3 is 0 Å². The van der Waals surface area contributed by atoms with E-state index in [0.29, 0.717) is 28.1 Å². The van der Waals surface area contributed by atoms with Crippen molar-refractivity contribution in [2.45, 2.75) is 0 Å². The van der Waals surface area contributed by atoms with Crippen molar-refractivity contribution in [2.75, 3.05) is 0 Å². The lowest BCUT2D eigenvalue weighted by atomic mass is 10.0. The van der Waals surface area contributed by atoms with Gasteiger partial charge in [-0.1, -0.05) is 145 Å². The van der Waals surface area contributed by atoms with E-state index in [1.165, 1.54) is 0 Å². The van der Waals surface area contributed by atoms with Crippen LogP contribution in [-0.2, 0) is 0 Å². The second-order valence-electron chi connectivity index (χ2n) is 11.8. The summed E-state index contributed by atoms with van der Waals surface area (Å²) in [6.45, 7) is 0. The molecule has 0 aliphatic carbocycles. The predicted octanol–water partition coefficient (Wildman–Crippen LogP) is 12.0. The van der Waals surface area contributed by atoms with E-state index in [4.69, 9.17) is 25.9 Å². The molecule has 0 radical (unpaired) electrons. The number of fused-ring (bicyclic) bond motifs is 6. The number of para-hydroxylation sites is 1. The molecule has 0 saturated heterocycles. The first-order chi connectivity index (χ1) is 28.5. The summed E-state index contributed by atoms with van der Waals surface area (Å²) in [6, 6.07) is 33.1. The summed E-state index contributed by atoms with van der Waals surface area (Å²) in [4.78, 5) is 15.2. The van der Waals surface area contributed by atoms with E-state index >= 15 is 0 Å². The van der Waals surface area contributed by atoms with E-state index in [1.807, 2.05) is 78.9 Å². The zero-order chi connectivity index (χ0) is 40.9. The summed E-state index contributed by atoms with van der Waals surface area (Å²) in [7, 11) is 0. The Hall–Kier alpha value is -6.43. The van der Waals surface area contributed by atoms with Crippen molar-refractivity contribution < 1.29 is 12.3 Å². The molecule has 0 unspecified atom stereocenters. The molecule has 0 aliphatic rings. The van der Waals surface area contributed by atoms with Crippen molar-refractivity contribution in [1.29, 1.82) is 0 Å². The quantitative estimate of drug-likeness (QED) is 0.184. The average Bonchev–Trinajstić information content (AvgIpc) is 3.83. The Morgan fingerprint density at radius 1 is 0.460 bits per heavy atom. The van der Waals surface area contributed by atoms with Gasteiger partial charge in [-0.05, 0) is 46.5 Å². The van der Waals surface area contributed by atoms with Gasteiger partial charge in [0.25, 0.3) is 0 Å². The maximum Gasteiger partial charge on any atom is 0.238 e. The Balaban J connectivity index is 1.31. The largest absolute Gasteiger partial charge is 0.278 e. The molecule has 3 heterocycles. The molecule has 10 rings (SSSR count). The highest BCUT2D eigenvalue weighted by Crippen LogP contribution is 2.40. The summed E-state index contributed by atoms with van der Waals surface area (Å²) >= 11 is 1.66. The van der Waals surface area contributed by atoms with Gasteiger partial charge in [0.15, 0.2) is 11.6 Å². The van der Waals surface area contributed by atoms with Crippen LogP contribution in [-0.4, -0.2) is 19.5 Å². The Morgan fingerprint density at radius 2 is 1.16 bits per heavy atom. The fourth-order valence-corrected chi connectivity index (χ4v) is 7.72. The predicted molar refractivity (Wildman–Crippen MR) is 209 cm³/mol. The first-order valence-electron chi connectivity index (χ1n) is 20.5. The molecule has 234 valence electrons. The fourth-order valence-electron chi connectivity index (χ4n) is 6.59. The number of rotatable bonds is 5. The van der Waals surface area contributed by atoms with Gasteiger partial charge in [-0.3, -0.25) is 4.57 Å². The molecule has 0 fully saturated rings. The van der Waals surface area contributed by atoms with Gasteiger partial charge in [0.1, 0.15) is 0 Å². The number of hydrogen-bond acceptors (Lipinski definition) is 4. The number of aromatic nitrogens is 4. The Kier molecular flexibility index (Phi) is 4.84. The van der Waals surface area contributed by atoms with Crippen molar-refractivity contribution >= 4 is 53.3 Å². The smallest absolute Gasteiger partial charge is 0.238 e. The van der Waals surface area contributed by atoms with Gasteiger partial charge in [0, 0.05) is 42.1 Å². The minimum atomic E-state index is -0.516. The monoisotopic (exact) mass is 665 g/mol. The Bertz CT molecular complexity index is 3350. The molecular weight excluding hydrogens is 629 g/mol. The van der Waals surface area contributed by atoms with Crippen LogP contribution in [0.15, 0.2) is 170 Å². The van der Waals surface area contributed by atoms with Crippen LogP contribution in [0.3, 0.4) is 0 Å². The van der Waals surface area contributed by atoms with Crippen LogP contribution >= 0.6 is 11.3 Å². The second-order valence-corrected chi connectivity index (χ2v) is 12.9. The summed E-state index contributed by atoms with van der Waals surface area (Å²) < 4.78 is 81.6. The molecular formula is C45H28N4S. The molecule has 0 amide bonds. The Morgan fingerprint density at radius 3 is 2.04 bits per heavy atom. The lowest BCUT2D eigenvalue weighted by molar-refractivity contribution is 0.954. The maximum absolute atomic E-state index is 9.22. The van der Waals surface area contributed by atoms with Crippen molar-refractivity contribution in [3.8, 4) is 51.0 Å². The van der Waals surface area contributed by atoms with Crippen LogP contribution in [0.25, 0.3) is 93.0 Å². The topological polar surface area (TPSA) is 43.6 Å². The van der Waals surface area contributed by atoms with Gasteiger partial charge >= 0.3 is 0 Å². The Labute approximate surface area is 305 Å². The van der Waals surface area contributed by atoms with Gasteiger partial charge in [0.2, 0.25) is 5.95 Å². The van der Waals surface area contributed by atoms with Crippen LogP contribution in [0, 0.1) is 0 Å². The first kappa shape index (κ1) is 20.8. The van der Waals surface area contributed by atoms with Crippen molar-refractivity contribution in [2.24, 2.45) is 0 Å². The molecule has 0 N–H and O–H groups in total. The number of benzene rings is 7. The number of nitrogens with zero attached hydrogens (tertiary/aromatic N) is 4. The molecule has 7 aromatic carbocycles. The van der Waals surface area contributed by atoms with Crippen LogP contribution in [0.4, 0.5) is 0 Å². The second kappa shape index (κ2) is 11.6. The van der Waals surface area contributed by atoms with E-state index in [9.17, 15) is 1.37 Å². The van der Waals surface area contributed by atoms with Crippen molar-refractivity contribution in [1.82, 2.24) is 19.5 Å². The summed E-state index contributed by atoms with van der Waals surface area (Å²) in [5, 5.41) is 2.65. The number of thiophene rings is 1. The third kappa shape index (κ3) is 4.71. The molecule has 0 bridgehead atoms. The molecule has 3 aromatic heterocycles. The highest BCUT2D eigenvalue weighted by atomic mass is 32.1. The van der Waals surface area contributed by atoms with E-state index in [-0.39, 0.29) is 52.1 Å². The minimum absolute atomic E-state index is 0.0270. The highest BCUT2D eigenvalue weighted by molar-refractivity contribution is 7.25. The molecule has 0 saturated carbocycles. The van der Waals surface area contributed by atoms with Crippen molar-refractivity contribution in [3.63, 3.8) is 0 Å². The molecule has 4 nitrogen and oxygen atoms in total. The van der Waals surface area contributed by atoms with Gasteiger partial charge in [-0.2, -0.15) is 9.97 Å². The van der Waals surface area contributed by atoms with Crippen LogP contribution < -0.4 is 0 Å². The fraction of sp³-hybridized carbons (Fsp3) is 0. The normalized spacial score (nSPS) is 14.1. The van der Waals surface area contributed by atoms with E-state index in [0.717, 1.165) is 36.9 Å². The lowest BCUT2D eigenvalue weighted by Gasteiger charge is -2.12. The van der Waals surface area contributed by atoms with Crippen LogP contribution in [0.2, 0.25) is 0 Å². The molecule has 50 heavy (non-hydrogen) atoms. The van der Waals surface area contributed by atoms with Crippen LogP contribution in [0.5, 0.6) is 0 Å². The molecule has 5 heteroatoms. The molecule has 10 aromatic rings. The van der Waals surface area contributed by atoms with Gasteiger partial charge in [-0.25, -0.2) is 4.98 Å². The standard InChI is InChI=1S/C45H28N4S/c1-3-12-29(13-4-1)31-22-24-32(25-23-31)43-46-44(37-18-11-21-41-42(37)36-17-8-10-20-40(36)50-41)48-45(47-43)49-38-19-9-7-16-34(38)35-27-26-33(28-39(35)49)30-14-5-2-6-15-30/h1-28H/i2D,5D,6D,7D,9D,14D,15D,16D,19D. The van der Waals surface area contributed by atoms with Crippen LogP contribution in [0.1, 0.15) is 12.3 Å². The summed E-state index contributed by atoms with van der Waals surface area (Å²) in [6.07, 6.45) is 0. The average molecular weight is 666 g/mol. The van der Waals surface area contributed by atoms with Gasteiger partial charge in [0.05, 0.1) is 23.4 Å². The summed E-state index contributed by atoms with van der Waals surface area (Å²) in [5.74, 6) is 0.722. The third-order valence-electron chi connectivity index (χ3n) is 8.91. The van der Waals surface area contributed by atoms with E-state index < -0.39 is 30.2 Å². The first-order valence-corrected chi connectivity index (χ1v) is 16.8. The highest BCUT2D eigenvalue weighted by Gasteiger charge is 2.20. The zero-order valence-corrected chi connectivity index (χ0v) is 27.0. The maximum atomic E-state index is 9.22. The lowest BCUT2D eigenvalue weighted by Crippen LogP contribution is -2.06. The SMILES string of the molecule is [2H]c1c([2H])c([2H])c(-c2ccc3c4c([2H])c([2H])c([2H])c([2H])c4n(-c4nc(-c5ccc(-c6ccccc6)cc5)nc(-c5cccc6sc7ccccc7c56)n4)c3c2)c([2H])c1[2H]. The third-order valence-corrected chi connectivity index (χ3v) is 10.0. The van der Waals surface area contributed by atoms with Gasteiger partial charge in [-0.15, -0.1) is 11.3 Å². The molecule has 0 aliphatic heterocycles. The molecule has 0 atom stereocenters. The van der Waals surface area contributed by atoms with E-state index in [1.54, 1.807) is 34.1 Å². The van der Waals surface area contributed by atoms with E-state index in [2.05, 4.69) is 18.2 Å². The number of hydrogen-bond donors (Lipinski definition) is 0. The summed E-state index contributed by atoms with van der Waals surface area (Å²) in [5.41, 5.74) is 4.19. The zero-order valence-electron chi connectivity index (χ0n) is 35.2.